The van der Waals surface area contributed by atoms with Gasteiger partial charge in [-0.1, -0.05) is 24.9 Å². The summed E-state index contributed by atoms with van der Waals surface area (Å²) in [6.07, 6.45) is 9.03. The van der Waals surface area contributed by atoms with E-state index in [1.807, 2.05) is 12.4 Å². The normalized spacial score (nSPS) is 16.5. The lowest BCUT2D eigenvalue weighted by Gasteiger charge is -2.24. The Balaban J connectivity index is 1.86. The first-order valence-corrected chi connectivity index (χ1v) is 8.02. The Kier molecular flexibility index (Phi) is 4.60. The molecule has 6 heteroatoms. The van der Waals surface area contributed by atoms with E-state index in [1.165, 1.54) is 0 Å². The van der Waals surface area contributed by atoms with Crippen molar-refractivity contribution in [1.82, 2.24) is 19.5 Å². The summed E-state index contributed by atoms with van der Waals surface area (Å²) in [4.78, 5) is 12.3. The summed E-state index contributed by atoms with van der Waals surface area (Å²) in [6.45, 7) is 3.78. The van der Waals surface area contributed by atoms with E-state index >= 15 is 0 Å². The Morgan fingerprint density at radius 2 is 2.24 bits per heavy atom. The Morgan fingerprint density at radius 1 is 1.43 bits per heavy atom. The van der Waals surface area contributed by atoms with Crippen molar-refractivity contribution in [1.29, 1.82) is 0 Å². The molecule has 1 fully saturated rings. The number of unbranched alkanes of at least 4 members (excludes halogenated alkanes) is 1. The number of hydrogen-bond donors (Lipinski definition) is 1. The zero-order valence-corrected chi connectivity index (χ0v) is 13.1. The predicted molar refractivity (Wildman–Crippen MR) is 82.5 cm³/mol. The zero-order chi connectivity index (χ0) is 14.7. The smallest absolute Gasteiger partial charge is 0.162 e. The molecule has 21 heavy (non-hydrogen) atoms. The van der Waals surface area contributed by atoms with Crippen LogP contribution in [0.3, 0.4) is 0 Å². The lowest BCUT2D eigenvalue weighted by molar-refractivity contribution is 0.0700. The number of imidazole rings is 2. The monoisotopic (exact) mass is 308 g/mol. The number of aromatic amines is 1. The second-order valence-corrected chi connectivity index (χ2v) is 5.83. The third-order valence-corrected chi connectivity index (χ3v) is 4.21. The number of hydrogen-bond acceptors (Lipinski definition) is 3. The van der Waals surface area contributed by atoms with Gasteiger partial charge in [-0.05, 0) is 19.3 Å². The molecule has 0 saturated carbocycles. The maximum absolute atomic E-state index is 6.33. The van der Waals surface area contributed by atoms with Gasteiger partial charge in [0.1, 0.15) is 16.7 Å². The van der Waals surface area contributed by atoms with Gasteiger partial charge in [0.2, 0.25) is 0 Å². The summed E-state index contributed by atoms with van der Waals surface area (Å²) in [7, 11) is 0. The Morgan fingerprint density at radius 3 is 3.00 bits per heavy atom. The lowest BCUT2D eigenvalue weighted by atomic mass is 10.1. The predicted octanol–water partition coefficient (Wildman–Crippen LogP) is 3.62. The van der Waals surface area contributed by atoms with Gasteiger partial charge in [-0.3, -0.25) is 0 Å². The second-order valence-electron chi connectivity index (χ2n) is 5.45. The molecule has 0 amide bonds. The number of H-pyrrole nitrogens is 1. The second kappa shape index (κ2) is 6.62. The highest BCUT2D eigenvalue weighted by Gasteiger charge is 2.22. The summed E-state index contributed by atoms with van der Waals surface area (Å²) in [5.41, 5.74) is 0.763. The molecular formula is C15H21ClN4O. The highest BCUT2D eigenvalue weighted by molar-refractivity contribution is 6.31. The van der Waals surface area contributed by atoms with Gasteiger partial charge in [0, 0.05) is 38.1 Å². The van der Waals surface area contributed by atoms with Crippen molar-refractivity contribution in [2.24, 2.45) is 0 Å². The summed E-state index contributed by atoms with van der Waals surface area (Å²) in [6, 6.07) is 0.420. The standard InChI is InChI=1S/C15H21ClN4O/c1-2-3-4-12-18-13(14(16)19-12)15-17-7-8-20(15)11-5-9-21-10-6-11/h7-8,11H,2-6,9-10H2,1H3,(H,18,19). The lowest BCUT2D eigenvalue weighted by Crippen LogP contribution is -2.19. The van der Waals surface area contributed by atoms with E-state index in [0.29, 0.717) is 11.2 Å². The highest BCUT2D eigenvalue weighted by Crippen LogP contribution is 2.30. The van der Waals surface area contributed by atoms with Gasteiger partial charge >= 0.3 is 0 Å². The van der Waals surface area contributed by atoms with E-state index in [2.05, 4.69) is 26.4 Å². The third kappa shape index (κ3) is 3.14. The van der Waals surface area contributed by atoms with Gasteiger partial charge in [0.15, 0.2) is 5.82 Å². The molecular weight excluding hydrogens is 288 g/mol. The average Bonchev–Trinajstić information content (AvgIpc) is 3.12. The van der Waals surface area contributed by atoms with Crippen LogP contribution in [0.2, 0.25) is 5.15 Å². The number of aryl methyl sites for hydroxylation is 1. The van der Waals surface area contributed by atoms with Crippen LogP contribution in [0.4, 0.5) is 0 Å². The zero-order valence-electron chi connectivity index (χ0n) is 12.3. The van der Waals surface area contributed by atoms with E-state index in [9.17, 15) is 0 Å². The molecule has 1 aliphatic heterocycles. The van der Waals surface area contributed by atoms with Crippen LogP contribution in [0.5, 0.6) is 0 Å². The van der Waals surface area contributed by atoms with Crippen molar-refractivity contribution in [3.63, 3.8) is 0 Å². The van der Waals surface area contributed by atoms with Crippen LogP contribution < -0.4 is 0 Å². The quantitative estimate of drug-likeness (QED) is 0.918. The Bertz CT molecular complexity index is 586. The van der Waals surface area contributed by atoms with E-state index in [-0.39, 0.29) is 0 Å². The van der Waals surface area contributed by atoms with Crippen molar-refractivity contribution in [2.45, 2.75) is 45.1 Å². The van der Waals surface area contributed by atoms with Gasteiger partial charge in [-0.2, -0.15) is 0 Å². The minimum absolute atomic E-state index is 0.420. The number of rotatable bonds is 5. The largest absolute Gasteiger partial charge is 0.381 e. The van der Waals surface area contributed by atoms with Gasteiger partial charge < -0.3 is 14.3 Å². The maximum atomic E-state index is 6.33. The van der Waals surface area contributed by atoms with Crippen LogP contribution in [-0.4, -0.2) is 32.7 Å². The molecule has 0 aromatic carbocycles. The molecule has 0 spiro atoms. The first-order chi connectivity index (χ1) is 10.3. The molecule has 0 radical (unpaired) electrons. The summed E-state index contributed by atoms with van der Waals surface area (Å²) in [5.74, 6) is 1.80. The van der Waals surface area contributed by atoms with E-state index < -0.39 is 0 Å². The van der Waals surface area contributed by atoms with Crippen LogP contribution in [0, 0.1) is 0 Å². The van der Waals surface area contributed by atoms with E-state index in [1.54, 1.807) is 0 Å². The molecule has 0 atom stereocenters. The van der Waals surface area contributed by atoms with E-state index in [0.717, 1.165) is 62.7 Å². The first kappa shape index (κ1) is 14.6. The number of halogens is 1. The van der Waals surface area contributed by atoms with Crippen molar-refractivity contribution in [3.05, 3.63) is 23.4 Å². The van der Waals surface area contributed by atoms with Crippen molar-refractivity contribution in [2.75, 3.05) is 13.2 Å². The molecule has 3 heterocycles. The molecule has 1 aliphatic rings. The molecule has 3 rings (SSSR count). The third-order valence-electron chi connectivity index (χ3n) is 3.94. The molecule has 2 aromatic rings. The molecule has 5 nitrogen and oxygen atoms in total. The number of aromatic nitrogens is 4. The van der Waals surface area contributed by atoms with Crippen LogP contribution in [0.15, 0.2) is 12.4 Å². The van der Waals surface area contributed by atoms with Crippen molar-refractivity contribution in [3.8, 4) is 11.5 Å². The molecule has 0 bridgehead atoms. The molecule has 0 aliphatic carbocycles. The fourth-order valence-electron chi connectivity index (χ4n) is 2.76. The Labute approximate surface area is 129 Å². The molecule has 0 unspecified atom stereocenters. The Hall–Kier alpha value is -1.33. The maximum Gasteiger partial charge on any atom is 0.162 e. The minimum atomic E-state index is 0.420. The molecule has 1 N–H and O–H groups in total. The SMILES string of the molecule is CCCCc1nc(-c2nccn2C2CCOCC2)c(Cl)[nH]1. The number of nitrogens with zero attached hydrogens (tertiary/aromatic N) is 3. The number of nitrogens with one attached hydrogen (secondary N) is 1. The van der Waals surface area contributed by atoms with Crippen LogP contribution in [-0.2, 0) is 11.2 Å². The number of ether oxygens (including phenoxy) is 1. The van der Waals surface area contributed by atoms with Gasteiger partial charge in [0.05, 0.1) is 0 Å². The van der Waals surface area contributed by atoms with Crippen molar-refractivity contribution < 1.29 is 4.74 Å². The van der Waals surface area contributed by atoms with Gasteiger partial charge in [-0.15, -0.1) is 0 Å². The highest BCUT2D eigenvalue weighted by atomic mass is 35.5. The summed E-state index contributed by atoms with van der Waals surface area (Å²) in [5, 5.41) is 0.584. The fourth-order valence-corrected chi connectivity index (χ4v) is 3.00. The van der Waals surface area contributed by atoms with Crippen LogP contribution in [0.25, 0.3) is 11.5 Å². The molecule has 114 valence electrons. The first-order valence-electron chi connectivity index (χ1n) is 7.65. The summed E-state index contributed by atoms with van der Waals surface area (Å²) >= 11 is 6.33. The van der Waals surface area contributed by atoms with Gasteiger partial charge in [-0.25, -0.2) is 9.97 Å². The van der Waals surface area contributed by atoms with Crippen molar-refractivity contribution >= 4 is 11.6 Å². The topological polar surface area (TPSA) is 55.7 Å². The fraction of sp³-hybridized carbons (Fsp3) is 0.600. The molecule has 2 aromatic heterocycles. The van der Waals surface area contributed by atoms with Crippen LogP contribution >= 0.6 is 11.6 Å². The van der Waals surface area contributed by atoms with Gasteiger partial charge in [0.25, 0.3) is 0 Å². The van der Waals surface area contributed by atoms with Crippen LogP contribution in [0.1, 0.15) is 44.5 Å². The molecule has 1 saturated heterocycles. The van der Waals surface area contributed by atoms with E-state index in [4.69, 9.17) is 16.3 Å². The minimum Gasteiger partial charge on any atom is -0.381 e. The summed E-state index contributed by atoms with van der Waals surface area (Å²) < 4.78 is 7.62. The average molecular weight is 309 g/mol.